The van der Waals surface area contributed by atoms with Crippen LogP contribution in [-0.2, 0) is 0 Å². The molecule has 2 rings (SSSR count). The molecule has 2 aromatic heterocycles. The van der Waals surface area contributed by atoms with Gasteiger partial charge in [-0.15, -0.1) is 11.3 Å². The van der Waals surface area contributed by atoms with Crippen molar-refractivity contribution in [1.29, 1.82) is 0 Å². The number of H-pyrrole nitrogens is 1. The van der Waals surface area contributed by atoms with E-state index in [-0.39, 0.29) is 0 Å². The molecule has 5 nitrogen and oxygen atoms in total. The minimum Gasteiger partial charge on any atom is -0.492 e. The van der Waals surface area contributed by atoms with Crippen molar-refractivity contribution in [3.8, 4) is 5.88 Å². The minimum absolute atomic E-state index is 0.509. The van der Waals surface area contributed by atoms with Gasteiger partial charge in [-0.2, -0.15) is 4.39 Å². The number of nitrogens with one attached hydrogen (secondary N) is 1. The zero-order valence-electron chi connectivity index (χ0n) is 9.11. The summed E-state index contributed by atoms with van der Waals surface area (Å²) in [6.45, 7) is 1.58. The Morgan fingerprint density at radius 2 is 2.17 bits per heavy atom. The Balaban J connectivity index is 2.62. The van der Waals surface area contributed by atoms with E-state index < -0.39 is 29.0 Å². The molecule has 1 atom stereocenters. The number of aromatic hydroxyl groups is 1. The normalized spacial score (nSPS) is 12.6. The average Bonchev–Trinajstić information content (AvgIpc) is 2.73. The summed E-state index contributed by atoms with van der Waals surface area (Å²) in [7, 11) is 0. The molecule has 18 heavy (non-hydrogen) atoms. The van der Waals surface area contributed by atoms with Gasteiger partial charge < -0.3 is 5.11 Å². The van der Waals surface area contributed by atoms with Crippen molar-refractivity contribution in [2.45, 2.75) is 13.0 Å². The number of aromatic amines is 1. The highest BCUT2D eigenvalue weighted by molar-refractivity contribution is 7.16. The van der Waals surface area contributed by atoms with Gasteiger partial charge in [0.2, 0.25) is 11.7 Å². The lowest BCUT2D eigenvalue weighted by Crippen LogP contribution is -2.33. The monoisotopic (exact) mass is 290 g/mol. The largest absolute Gasteiger partial charge is 0.492 e. The van der Waals surface area contributed by atoms with E-state index in [2.05, 4.69) is 0 Å². The lowest BCUT2D eigenvalue weighted by molar-refractivity contribution is 0.352. The van der Waals surface area contributed by atoms with Crippen LogP contribution in [0.4, 0.5) is 4.39 Å². The van der Waals surface area contributed by atoms with Crippen LogP contribution in [0, 0.1) is 5.82 Å². The predicted octanol–water partition coefficient (Wildman–Crippen LogP) is 1.71. The number of nitrogens with zero attached hydrogens (tertiary/aromatic N) is 1. The van der Waals surface area contributed by atoms with Crippen LogP contribution in [0.1, 0.15) is 17.8 Å². The quantitative estimate of drug-likeness (QED) is 0.884. The number of hydrogen-bond acceptors (Lipinski definition) is 4. The first kappa shape index (κ1) is 12.8. The Morgan fingerprint density at radius 3 is 2.72 bits per heavy atom. The van der Waals surface area contributed by atoms with E-state index in [9.17, 15) is 19.1 Å². The summed E-state index contributed by atoms with van der Waals surface area (Å²) in [5.41, 5.74) is -2.12. The van der Waals surface area contributed by atoms with Gasteiger partial charge in [-0.3, -0.25) is 14.3 Å². The lowest BCUT2D eigenvalue weighted by Gasteiger charge is -2.14. The first-order chi connectivity index (χ1) is 8.41. The van der Waals surface area contributed by atoms with Gasteiger partial charge in [0.25, 0.3) is 5.56 Å². The van der Waals surface area contributed by atoms with Gasteiger partial charge in [0.1, 0.15) is 0 Å². The van der Waals surface area contributed by atoms with E-state index in [0.29, 0.717) is 9.21 Å². The number of rotatable bonds is 2. The third kappa shape index (κ3) is 2.06. The summed E-state index contributed by atoms with van der Waals surface area (Å²) in [5, 5.41) is 9.54. The Kier molecular flexibility index (Phi) is 3.27. The molecule has 2 heterocycles. The molecular weight excluding hydrogens is 283 g/mol. The minimum atomic E-state index is -1.39. The average molecular weight is 291 g/mol. The summed E-state index contributed by atoms with van der Waals surface area (Å²) in [5.74, 6) is -2.37. The molecule has 0 saturated carbocycles. The third-order valence-electron chi connectivity index (χ3n) is 2.46. The van der Waals surface area contributed by atoms with Gasteiger partial charge in [0, 0.05) is 4.88 Å². The second kappa shape index (κ2) is 4.58. The standard InChI is InChI=1S/C10H8ClFN2O3S/c1-4(5-2-3-6(11)18-5)14-9(16)7(12)8(15)13-10(14)17/h2-4,16H,1H3,(H,13,15,17). The van der Waals surface area contributed by atoms with Crippen LogP contribution in [0.3, 0.4) is 0 Å². The number of halogens is 2. The topological polar surface area (TPSA) is 75.1 Å². The predicted molar refractivity (Wildman–Crippen MR) is 66.1 cm³/mol. The van der Waals surface area contributed by atoms with Crippen LogP contribution < -0.4 is 11.2 Å². The fourth-order valence-corrected chi connectivity index (χ4v) is 2.66. The fourth-order valence-electron chi connectivity index (χ4n) is 1.56. The number of hydrogen-bond donors (Lipinski definition) is 2. The molecule has 2 N–H and O–H groups in total. The maximum absolute atomic E-state index is 13.3. The Hall–Kier alpha value is -1.60. The van der Waals surface area contributed by atoms with Gasteiger partial charge >= 0.3 is 5.69 Å². The van der Waals surface area contributed by atoms with Crippen molar-refractivity contribution in [2.75, 3.05) is 0 Å². The van der Waals surface area contributed by atoms with Crippen LogP contribution in [0.15, 0.2) is 21.7 Å². The van der Waals surface area contributed by atoms with E-state index in [1.807, 2.05) is 0 Å². The van der Waals surface area contributed by atoms with Gasteiger partial charge in [-0.1, -0.05) is 11.6 Å². The molecule has 0 saturated heterocycles. The highest BCUT2D eigenvalue weighted by atomic mass is 35.5. The molecule has 0 fully saturated rings. The highest BCUT2D eigenvalue weighted by Crippen LogP contribution is 2.30. The van der Waals surface area contributed by atoms with Gasteiger partial charge in [0.05, 0.1) is 10.4 Å². The molecular formula is C10H8ClFN2O3S. The van der Waals surface area contributed by atoms with E-state index in [0.717, 1.165) is 4.57 Å². The summed E-state index contributed by atoms with van der Waals surface area (Å²) >= 11 is 6.96. The van der Waals surface area contributed by atoms with E-state index >= 15 is 0 Å². The van der Waals surface area contributed by atoms with Crippen LogP contribution in [0.5, 0.6) is 5.88 Å². The molecule has 1 unspecified atom stereocenters. The summed E-state index contributed by atoms with van der Waals surface area (Å²) < 4.78 is 14.5. The van der Waals surface area contributed by atoms with E-state index in [1.54, 1.807) is 24.0 Å². The van der Waals surface area contributed by atoms with E-state index in [4.69, 9.17) is 11.6 Å². The second-order valence-corrected chi connectivity index (χ2v) is 5.33. The zero-order valence-corrected chi connectivity index (χ0v) is 10.7. The first-order valence-electron chi connectivity index (χ1n) is 4.90. The van der Waals surface area contributed by atoms with Crippen molar-refractivity contribution in [2.24, 2.45) is 0 Å². The lowest BCUT2D eigenvalue weighted by atomic mass is 10.2. The molecule has 0 aliphatic heterocycles. The van der Waals surface area contributed by atoms with Crippen molar-refractivity contribution in [3.05, 3.63) is 48.0 Å². The maximum atomic E-state index is 13.3. The first-order valence-corrected chi connectivity index (χ1v) is 6.09. The van der Waals surface area contributed by atoms with E-state index in [1.165, 1.54) is 11.3 Å². The maximum Gasteiger partial charge on any atom is 0.331 e. The third-order valence-corrected chi connectivity index (χ3v) is 3.86. The molecule has 0 amide bonds. The smallest absolute Gasteiger partial charge is 0.331 e. The molecule has 8 heteroatoms. The van der Waals surface area contributed by atoms with Crippen molar-refractivity contribution < 1.29 is 9.50 Å². The Morgan fingerprint density at radius 1 is 1.50 bits per heavy atom. The van der Waals surface area contributed by atoms with Crippen molar-refractivity contribution in [1.82, 2.24) is 9.55 Å². The Bertz CT molecular complexity index is 706. The van der Waals surface area contributed by atoms with Gasteiger partial charge in [-0.25, -0.2) is 4.79 Å². The summed E-state index contributed by atoms with van der Waals surface area (Å²) in [4.78, 5) is 25.0. The van der Waals surface area contributed by atoms with Crippen molar-refractivity contribution in [3.63, 3.8) is 0 Å². The van der Waals surface area contributed by atoms with Crippen LogP contribution >= 0.6 is 22.9 Å². The Labute approximate surface area is 109 Å². The molecule has 0 aliphatic rings. The highest BCUT2D eigenvalue weighted by Gasteiger charge is 2.20. The van der Waals surface area contributed by atoms with Crippen molar-refractivity contribution >= 4 is 22.9 Å². The molecule has 0 aromatic carbocycles. The van der Waals surface area contributed by atoms with Gasteiger partial charge in [0.15, 0.2) is 0 Å². The summed E-state index contributed by atoms with van der Waals surface area (Å²) in [6, 6.07) is 2.65. The van der Waals surface area contributed by atoms with Crippen LogP contribution in [0.2, 0.25) is 4.34 Å². The molecule has 96 valence electrons. The van der Waals surface area contributed by atoms with Crippen LogP contribution in [-0.4, -0.2) is 14.7 Å². The molecule has 0 bridgehead atoms. The zero-order chi connectivity index (χ0) is 13.4. The number of thiophene rings is 1. The summed E-state index contributed by atoms with van der Waals surface area (Å²) in [6.07, 6.45) is 0. The molecule has 0 aliphatic carbocycles. The fraction of sp³-hybridized carbons (Fsp3) is 0.200. The molecule has 0 spiro atoms. The van der Waals surface area contributed by atoms with Crippen LogP contribution in [0.25, 0.3) is 0 Å². The number of aromatic nitrogens is 2. The molecule has 0 radical (unpaired) electrons. The molecule has 2 aromatic rings. The second-order valence-electron chi connectivity index (χ2n) is 3.58. The SMILES string of the molecule is CC(c1ccc(Cl)s1)n1c(O)c(F)c(=O)[nH]c1=O. The van der Waals surface area contributed by atoms with Gasteiger partial charge in [-0.05, 0) is 19.1 Å².